The van der Waals surface area contributed by atoms with E-state index in [0.29, 0.717) is 13.2 Å². The fourth-order valence-corrected chi connectivity index (χ4v) is 9.15. The molecule has 0 aliphatic carbocycles. The van der Waals surface area contributed by atoms with Crippen molar-refractivity contribution in [2.45, 2.75) is 85.0 Å². The van der Waals surface area contributed by atoms with E-state index in [4.69, 9.17) is 33.2 Å². The molecule has 0 atom stereocenters. The molecule has 6 aromatic carbocycles. The first-order valence-corrected chi connectivity index (χ1v) is 26.2. The topological polar surface area (TPSA) is 71.1 Å². The van der Waals surface area contributed by atoms with E-state index in [1.807, 2.05) is 12.1 Å². The SMILES string of the molecule is CCC1(COCCCCCCOc2ccc(N(c3ccc(C)cc3)c3ccc(-c4ccc(N(c5ccc(OC)cc5)c5ccc(OCCCCCCOCC6(CC)COC6)cc5)cc4)cc3)cc2)COC1. The number of nitrogens with zero attached hydrogens (tertiary/aromatic N) is 2. The number of benzene rings is 6. The van der Waals surface area contributed by atoms with Crippen molar-refractivity contribution in [2.75, 3.05) is 83.0 Å². The number of anilines is 6. The Balaban J connectivity index is 0.857. The van der Waals surface area contributed by atoms with Gasteiger partial charge in [0.1, 0.15) is 17.2 Å². The second kappa shape index (κ2) is 26.0. The molecule has 2 aliphatic heterocycles. The molecule has 8 rings (SSSR count). The zero-order valence-corrected chi connectivity index (χ0v) is 42.8. The van der Waals surface area contributed by atoms with Gasteiger partial charge >= 0.3 is 0 Å². The highest BCUT2D eigenvalue weighted by Crippen LogP contribution is 2.40. The Labute approximate surface area is 424 Å². The molecule has 2 aliphatic rings. The third-order valence-electron chi connectivity index (χ3n) is 14.2. The molecule has 2 heterocycles. The van der Waals surface area contributed by atoms with Crippen LogP contribution in [-0.4, -0.2) is 73.2 Å². The zero-order valence-electron chi connectivity index (χ0n) is 42.8. The minimum Gasteiger partial charge on any atom is -0.497 e. The van der Waals surface area contributed by atoms with Gasteiger partial charge in [-0.15, -0.1) is 0 Å². The number of methoxy groups -OCH3 is 1. The monoisotopic (exact) mass is 961 g/mol. The highest BCUT2D eigenvalue weighted by atomic mass is 16.5. The van der Waals surface area contributed by atoms with E-state index >= 15 is 0 Å². The van der Waals surface area contributed by atoms with Gasteiger partial charge in [0.2, 0.25) is 0 Å². The van der Waals surface area contributed by atoms with E-state index in [2.05, 4.69) is 164 Å². The summed E-state index contributed by atoms with van der Waals surface area (Å²) in [5, 5.41) is 0. The summed E-state index contributed by atoms with van der Waals surface area (Å²) in [4.78, 5) is 4.57. The van der Waals surface area contributed by atoms with Crippen LogP contribution in [0.3, 0.4) is 0 Å². The van der Waals surface area contributed by atoms with Gasteiger partial charge in [0.25, 0.3) is 0 Å². The number of ether oxygens (including phenoxy) is 7. The molecule has 0 saturated carbocycles. The van der Waals surface area contributed by atoms with Crippen LogP contribution >= 0.6 is 0 Å². The van der Waals surface area contributed by atoms with Crippen molar-refractivity contribution in [1.29, 1.82) is 0 Å². The van der Waals surface area contributed by atoms with Gasteiger partial charge in [-0.05, 0) is 179 Å². The number of hydrogen-bond donors (Lipinski definition) is 0. The summed E-state index contributed by atoms with van der Waals surface area (Å²) in [6.07, 6.45) is 11.0. The van der Waals surface area contributed by atoms with Crippen molar-refractivity contribution in [3.63, 3.8) is 0 Å². The molecular weight excluding hydrogens is 885 g/mol. The van der Waals surface area contributed by atoms with Crippen molar-refractivity contribution in [3.05, 3.63) is 151 Å². The summed E-state index contributed by atoms with van der Waals surface area (Å²) in [7, 11) is 1.70. The Kier molecular flexibility index (Phi) is 18.9. The van der Waals surface area contributed by atoms with Crippen molar-refractivity contribution in [1.82, 2.24) is 0 Å². The van der Waals surface area contributed by atoms with Gasteiger partial charge in [-0.2, -0.15) is 0 Å². The molecule has 0 amide bonds. The van der Waals surface area contributed by atoms with E-state index in [1.165, 1.54) is 5.56 Å². The number of hydrogen-bond acceptors (Lipinski definition) is 9. The highest BCUT2D eigenvalue weighted by molar-refractivity contribution is 5.81. The molecule has 2 saturated heterocycles. The fourth-order valence-electron chi connectivity index (χ4n) is 9.15. The molecule has 2 fully saturated rings. The molecule has 376 valence electrons. The lowest BCUT2D eigenvalue weighted by Crippen LogP contribution is -2.45. The van der Waals surface area contributed by atoms with Crippen molar-refractivity contribution in [3.8, 4) is 28.4 Å². The lowest BCUT2D eigenvalue weighted by atomic mass is 9.84. The lowest BCUT2D eigenvalue weighted by molar-refractivity contribution is -0.150. The molecule has 71 heavy (non-hydrogen) atoms. The molecule has 9 heteroatoms. The third-order valence-corrected chi connectivity index (χ3v) is 14.2. The third kappa shape index (κ3) is 14.2. The first kappa shape index (κ1) is 51.5. The molecule has 6 aromatic rings. The van der Waals surface area contributed by atoms with Crippen LogP contribution in [0.5, 0.6) is 17.2 Å². The number of rotatable bonds is 30. The van der Waals surface area contributed by atoms with Gasteiger partial charge in [0.05, 0.1) is 60.0 Å². The fraction of sp³-hybridized carbons (Fsp3) is 0.419. The maximum atomic E-state index is 6.19. The smallest absolute Gasteiger partial charge is 0.119 e. The second-order valence-electron chi connectivity index (χ2n) is 19.6. The first-order chi connectivity index (χ1) is 34.9. The molecule has 0 radical (unpaired) electrons. The van der Waals surface area contributed by atoms with Crippen LogP contribution in [0.25, 0.3) is 11.1 Å². The van der Waals surface area contributed by atoms with Crippen molar-refractivity contribution < 1.29 is 33.2 Å². The molecule has 0 bridgehead atoms. The van der Waals surface area contributed by atoms with Gasteiger partial charge in [0.15, 0.2) is 0 Å². The highest BCUT2D eigenvalue weighted by Gasteiger charge is 2.37. The Morgan fingerprint density at radius 1 is 0.394 bits per heavy atom. The Hall–Kier alpha value is -5.84. The number of aryl methyl sites for hydroxylation is 1. The predicted octanol–water partition coefficient (Wildman–Crippen LogP) is 15.4. The molecule has 0 unspecified atom stereocenters. The number of unbranched alkanes of at least 4 members (excludes halogenated alkanes) is 6. The van der Waals surface area contributed by atoms with Gasteiger partial charge in [-0.1, -0.05) is 68.7 Å². The zero-order chi connectivity index (χ0) is 49.1. The van der Waals surface area contributed by atoms with Crippen LogP contribution in [-0.2, 0) is 18.9 Å². The van der Waals surface area contributed by atoms with Crippen LogP contribution in [0.4, 0.5) is 34.1 Å². The standard InChI is InChI=1S/C62H76N2O7/c1-5-61(45-68-46-61)43-66-39-11-7-9-13-41-70-59-35-29-56(30-36-59)63(52-21-15-49(3)16-22-52)53-23-17-50(18-24-53)51-19-25-54(26-20-51)64(55-27-33-58(65-4)34-28-55)57-31-37-60(38-32-57)71-42-14-10-8-12-40-67-44-62(6-2)47-69-48-62/h15-38H,5-14,39-48H2,1-4H3. The minimum absolute atomic E-state index is 0.259. The maximum absolute atomic E-state index is 6.19. The molecule has 0 aromatic heterocycles. The summed E-state index contributed by atoms with van der Waals surface area (Å²) in [5.41, 5.74) is 10.4. The van der Waals surface area contributed by atoms with Crippen molar-refractivity contribution >= 4 is 34.1 Å². The van der Waals surface area contributed by atoms with Crippen LogP contribution in [0.2, 0.25) is 0 Å². The summed E-state index contributed by atoms with van der Waals surface area (Å²) < 4.78 is 40.7. The minimum atomic E-state index is 0.259. The van der Waals surface area contributed by atoms with Crippen LogP contribution in [0.1, 0.15) is 83.6 Å². The first-order valence-electron chi connectivity index (χ1n) is 26.2. The molecule has 9 nitrogen and oxygen atoms in total. The molecule has 0 spiro atoms. The van der Waals surface area contributed by atoms with E-state index < -0.39 is 0 Å². The van der Waals surface area contributed by atoms with Crippen LogP contribution < -0.4 is 24.0 Å². The van der Waals surface area contributed by atoms with Crippen LogP contribution in [0, 0.1) is 17.8 Å². The van der Waals surface area contributed by atoms with E-state index in [1.54, 1.807) is 7.11 Å². The normalized spacial score (nSPS) is 14.5. The lowest BCUT2D eigenvalue weighted by Gasteiger charge is -2.40. The van der Waals surface area contributed by atoms with Crippen molar-refractivity contribution in [2.24, 2.45) is 10.8 Å². The van der Waals surface area contributed by atoms with E-state index in [9.17, 15) is 0 Å². The molecule has 0 N–H and O–H groups in total. The largest absolute Gasteiger partial charge is 0.497 e. The van der Waals surface area contributed by atoms with E-state index in [0.717, 1.165) is 180 Å². The quantitative estimate of drug-likeness (QED) is 0.0411. The van der Waals surface area contributed by atoms with Gasteiger partial charge in [-0.3, -0.25) is 0 Å². The summed E-state index contributed by atoms with van der Waals surface area (Å²) in [6.45, 7) is 14.6. The summed E-state index contributed by atoms with van der Waals surface area (Å²) >= 11 is 0. The predicted molar refractivity (Wildman–Crippen MR) is 289 cm³/mol. The average Bonchev–Trinajstić information content (AvgIpc) is 3.39. The Morgan fingerprint density at radius 2 is 0.704 bits per heavy atom. The maximum Gasteiger partial charge on any atom is 0.119 e. The van der Waals surface area contributed by atoms with E-state index in [-0.39, 0.29) is 10.8 Å². The second-order valence-corrected chi connectivity index (χ2v) is 19.6. The average molecular weight is 961 g/mol. The van der Waals surface area contributed by atoms with Gasteiger partial charge in [0, 0.05) is 58.2 Å². The molecular formula is C62H76N2O7. The summed E-state index contributed by atoms with van der Waals surface area (Å²) in [6, 6.07) is 51.4. The van der Waals surface area contributed by atoms with Gasteiger partial charge in [-0.25, -0.2) is 0 Å². The Morgan fingerprint density at radius 3 is 1.01 bits per heavy atom. The summed E-state index contributed by atoms with van der Waals surface area (Å²) in [5.74, 6) is 2.58. The Bertz CT molecular complexity index is 2440. The van der Waals surface area contributed by atoms with Crippen LogP contribution in [0.15, 0.2) is 146 Å². The van der Waals surface area contributed by atoms with Gasteiger partial charge < -0.3 is 43.0 Å².